The van der Waals surface area contributed by atoms with E-state index in [4.69, 9.17) is 9.98 Å². The van der Waals surface area contributed by atoms with Gasteiger partial charge >= 0.3 is 0 Å². The summed E-state index contributed by atoms with van der Waals surface area (Å²) in [5.74, 6) is 0.920. The van der Waals surface area contributed by atoms with Gasteiger partial charge in [-0.25, -0.2) is 9.98 Å². The summed E-state index contributed by atoms with van der Waals surface area (Å²) < 4.78 is 9.02. The Balaban J connectivity index is 1.13. The van der Waals surface area contributed by atoms with E-state index in [9.17, 15) is 0 Å². The van der Waals surface area contributed by atoms with E-state index in [1.54, 1.807) is 0 Å². The second-order valence-electron chi connectivity index (χ2n) is 16.8. The lowest BCUT2D eigenvalue weighted by Crippen LogP contribution is -2.15. The summed E-state index contributed by atoms with van der Waals surface area (Å²) in [6.45, 7) is 21.5. The molecule has 6 aromatic carbocycles. The summed E-state index contributed by atoms with van der Waals surface area (Å²) in [5, 5.41) is 5.77. The van der Waals surface area contributed by atoms with Crippen LogP contribution in [0, 0.1) is 6.92 Å². The molecule has 0 spiro atoms. The molecule has 0 N–H and O–H groups in total. The average Bonchev–Trinajstić information content (AvgIpc) is 4.07. The minimum Gasteiger partial charge on any atom is -0.320 e. The Labute approximate surface area is 397 Å². The predicted octanol–water partition coefficient (Wildman–Crippen LogP) is 15.7. The topological polar surface area (TPSA) is 56.8 Å². The summed E-state index contributed by atoms with van der Waals surface area (Å²) in [6, 6.07) is 49.1. The molecular weight excluding hydrogens is 831 g/mol. The van der Waals surface area contributed by atoms with Gasteiger partial charge in [0.05, 0.1) is 39.0 Å². The Hall–Kier alpha value is -8.55. The van der Waals surface area contributed by atoms with E-state index in [0.29, 0.717) is 11.8 Å². The van der Waals surface area contributed by atoms with Crippen molar-refractivity contribution in [3.05, 3.63) is 210 Å². The van der Waals surface area contributed by atoms with Crippen LogP contribution in [0.15, 0.2) is 186 Å². The Morgan fingerprint density at radius 3 is 1.72 bits per heavy atom. The van der Waals surface area contributed by atoms with Crippen molar-refractivity contribution < 1.29 is 0 Å². The van der Waals surface area contributed by atoms with Crippen LogP contribution in [0.4, 0.5) is 0 Å². The fourth-order valence-electron chi connectivity index (χ4n) is 9.94. The average molecular weight is 884 g/mol. The van der Waals surface area contributed by atoms with Crippen molar-refractivity contribution in [2.24, 2.45) is 15.0 Å². The molecule has 0 radical (unpaired) electrons. The summed E-state index contributed by atoms with van der Waals surface area (Å²) in [4.78, 5) is 15.3. The van der Waals surface area contributed by atoms with Gasteiger partial charge < -0.3 is 13.7 Å². The van der Waals surface area contributed by atoms with Gasteiger partial charge in [-0.05, 0) is 112 Å². The highest BCUT2D eigenvalue weighted by atomic mass is 15.2. The molecule has 7 nitrogen and oxygen atoms in total. The highest BCUT2D eigenvalue weighted by Crippen LogP contribution is 2.37. The zero-order valence-corrected chi connectivity index (χ0v) is 39.1. The van der Waals surface area contributed by atoms with Crippen molar-refractivity contribution in [3.8, 4) is 11.4 Å². The normalized spacial score (nSPS) is 12.7. The molecule has 10 rings (SSSR count). The van der Waals surface area contributed by atoms with E-state index in [1.165, 1.54) is 32.9 Å². The first kappa shape index (κ1) is 43.3. The summed E-state index contributed by atoms with van der Waals surface area (Å²) in [6.07, 6.45) is 17.6. The fraction of sp³-hybridized carbons (Fsp3) is 0.0984. The van der Waals surface area contributed by atoms with E-state index in [1.807, 2.05) is 62.4 Å². The molecule has 4 aromatic heterocycles. The lowest BCUT2D eigenvalue weighted by molar-refractivity contribution is 0.757. The van der Waals surface area contributed by atoms with Crippen LogP contribution < -0.4 is 0 Å². The molecule has 7 heteroatoms. The van der Waals surface area contributed by atoms with Gasteiger partial charge in [-0.2, -0.15) is 4.99 Å². The summed E-state index contributed by atoms with van der Waals surface area (Å²) >= 11 is 0. The number of rotatable bonds is 11. The second-order valence-corrected chi connectivity index (χ2v) is 16.8. The van der Waals surface area contributed by atoms with Crippen molar-refractivity contribution in [2.75, 3.05) is 0 Å². The molecule has 10 aromatic rings. The number of benzene rings is 6. The van der Waals surface area contributed by atoms with Crippen molar-refractivity contribution in [2.45, 2.75) is 40.8 Å². The lowest BCUT2D eigenvalue weighted by Gasteiger charge is -2.12. The van der Waals surface area contributed by atoms with Crippen molar-refractivity contribution in [1.82, 2.24) is 18.3 Å². The molecule has 0 atom stereocenters. The Bertz CT molecular complexity index is 3720. The van der Waals surface area contributed by atoms with Crippen LogP contribution in [0.3, 0.4) is 0 Å². The van der Waals surface area contributed by atoms with Crippen LogP contribution >= 0.6 is 0 Å². The molecule has 4 heterocycles. The molecule has 0 unspecified atom stereocenters. The molecule has 0 aliphatic carbocycles. The number of hydrogen-bond donors (Lipinski definition) is 0. The first-order chi connectivity index (χ1) is 33.4. The molecule has 0 aliphatic rings. The van der Waals surface area contributed by atoms with Crippen LogP contribution in [0.2, 0.25) is 0 Å². The molecule has 68 heavy (non-hydrogen) atoms. The fourth-order valence-corrected chi connectivity index (χ4v) is 9.94. The largest absolute Gasteiger partial charge is 0.320 e. The lowest BCUT2D eigenvalue weighted by atomic mass is 10.1. The van der Waals surface area contributed by atoms with Gasteiger partial charge in [0.2, 0.25) is 5.96 Å². The Kier molecular flexibility index (Phi) is 11.7. The van der Waals surface area contributed by atoms with Gasteiger partial charge in [-0.15, -0.1) is 0 Å². The van der Waals surface area contributed by atoms with Crippen molar-refractivity contribution in [3.63, 3.8) is 0 Å². The number of nitrogens with zero attached hydrogens (tertiary/aromatic N) is 7. The zero-order valence-electron chi connectivity index (χ0n) is 39.1. The van der Waals surface area contributed by atoms with Crippen molar-refractivity contribution >= 4 is 103 Å². The quantitative estimate of drug-likeness (QED) is 0.0918. The smallest absolute Gasteiger partial charge is 0.236 e. The van der Waals surface area contributed by atoms with Crippen LogP contribution in [-0.4, -0.2) is 36.8 Å². The molecular formula is C61H53N7. The minimum atomic E-state index is 0.283. The molecule has 0 saturated heterocycles. The summed E-state index contributed by atoms with van der Waals surface area (Å²) in [5.41, 5.74) is 14.8. The van der Waals surface area contributed by atoms with Gasteiger partial charge in [0.15, 0.2) is 5.84 Å². The van der Waals surface area contributed by atoms with E-state index in [0.717, 1.165) is 78.7 Å². The minimum absolute atomic E-state index is 0.283. The monoisotopic (exact) mass is 883 g/mol. The molecule has 0 saturated carbocycles. The van der Waals surface area contributed by atoms with Gasteiger partial charge in [0, 0.05) is 60.7 Å². The van der Waals surface area contributed by atoms with Gasteiger partial charge in [-0.1, -0.05) is 135 Å². The molecule has 0 amide bonds. The van der Waals surface area contributed by atoms with Crippen LogP contribution in [0.1, 0.15) is 66.5 Å². The third-order valence-corrected chi connectivity index (χ3v) is 12.9. The number of aliphatic imine (C=N–C) groups is 3. The van der Waals surface area contributed by atoms with Gasteiger partial charge in [0.25, 0.3) is 0 Å². The standard InChI is InChI=1S/C61H53N7/c1-8-13-30-52-41(6)47-27-17-20-31-56(47)66(52)43-34-36-54-50(38-43)45(11-4)53(23-9-2)65(54)40-63-60(42-25-15-14-16-26-42)64-61(62-7)68-55(24-10-3)46(12-5)51-39-44(35-37-59(51)68)67-57-32-21-18-28-48(57)49-29-19-22-33-58(49)67/h9-39H,4-5,7-8,40H2,1-3,6H3/b23-9-,24-10-,30-13-,63-60-,64-61?. The first-order valence-corrected chi connectivity index (χ1v) is 23.2. The van der Waals surface area contributed by atoms with Gasteiger partial charge in [0.1, 0.15) is 6.67 Å². The number of para-hydroxylation sites is 3. The number of aromatic nitrogens is 4. The maximum absolute atomic E-state index is 5.35. The van der Waals surface area contributed by atoms with E-state index in [2.05, 4.69) is 197 Å². The maximum atomic E-state index is 5.35. The van der Waals surface area contributed by atoms with Gasteiger partial charge in [-0.3, -0.25) is 4.57 Å². The Morgan fingerprint density at radius 1 is 0.559 bits per heavy atom. The number of aryl methyl sites for hydroxylation is 1. The van der Waals surface area contributed by atoms with E-state index in [-0.39, 0.29) is 6.67 Å². The van der Waals surface area contributed by atoms with E-state index < -0.39 is 0 Å². The molecule has 0 aliphatic heterocycles. The number of allylic oxidation sites excluding steroid dienone is 3. The van der Waals surface area contributed by atoms with Crippen LogP contribution in [0.5, 0.6) is 0 Å². The first-order valence-electron chi connectivity index (χ1n) is 23.2. The third-order valence-electron chi connectivity index (χ3n) is 12.9. The second kappa shape index (κ2) is 18.4. The molecule has 0 bridgehead atoms. The number of amidine groups is 1. The molecule has 0 fully saturated rings. The third kappa shape index (κ3) is 7.20. The highest BCUT2D eigenvalue weighted by Gasteiger charge is 2.22. The summed E-state index contributed by atoms with van der Waals surface area (Å²) in [7, 11) is 0. The number of hydrogen-bond acceptors (Lipinski definition) is 1. The molecule has 332 valence electrons. The highest BCUT2D eigenvalue weighted by molar-refractivity contribution is 6.12. The Morgan fingerprint density at radius 2 is 1.10 bits per heavy atom. The van der Waals surface area contributed by atoms with Crippen LogP contribution in [-0.2, 0) is 6.67 Å². The predicted molar refractivity (Wildman–Crippen MR) is 294 cm³/mol. The SMILES string of the molecule is C=Cc1c(/C=C\C)n(C/N=C(\N=C(N=C)n2c(/C=C\C)c(C=C)c3cc(-n4c5ccccc5c5ccccc54)ccc32)c2ccccc2)c2ccc(-n3c(/C=C\CC)c(C)c4ccccc43)cc12. The number of fused-ring (bicyclic) bond motifs is 6. The zero-order chi connectivity index (χ0) is 46.9. The van der Waals surface area contributed by atoms with Crippen molar-refractivity contribution in [1.29, 1.82) is 0 Å². The van der Waals surface area contributed by atoms with Crippen LogP contribution in [0.25, 0.3) is 96.3 Å². The van der Waals surface area contributed by atoms with E-state index >= 15 is 0 Å². The maximum Gasteiger partial charge on any atom is 0.236 e.